The van der Waals surface area contributed by atoms with Gasteiger partial charge in [0.05, 0.1) is 6.10 Å². The van der Waals surface area contributed by atoms with E-state index in [1.54, 1.807) is 18.2 Å². The molecule has 2 unspecified atom stereocenters. The van der Waals surface area contributed by atoms with Gasteiger partial charge in [0.25, 0.3) is 0 Å². The van der Waals surface area contributed by atoms with Crippen LogP contribution in [0.3, 0.4) is 0 Å². The second-order valence-corrected chi connectivity index (χ2v) is 5.56. The molecule has 1 aromatic rings. The lowest BCUT2D eigenvalue weighted by atomic mass is 9.96. The van der Waals surface area contributed by atoms with E-state index in [0.717, 1.165) is 13.1 Å². The molecule has 0 saturated carbocycles. The number of aliphatic hydroxyl groups excluding tert-OH is 1. The lowest BCUT2D eigenvalue weighted by molar-refractivity contribution is 0.0891. The molecule has 0 radical (unpaired) electrons. The third-order valence-corrected chi connectivity index (χ3v) is 3.04. The molecule has 0 aromatic heterocycles. The Labute approximate surface area is 109 Å². The molecule has 0 spiro atoms. The summed E-state index contributed by atoms with van der Waals surface area (Å²) < 4.78 is 13.6. The van der Waals surface area contributed by atoms with Crippen LogP contribution >= 0.6 is 0 Å². The maximum atomic E-state index is 13.6. The van der Waals surface area contributed by atoms with Crippen molar-refractivity contribution in [2.24, 2.45) is 11.8 Å². The number of hydrogen-bond acceptors (Lipinski definition) is 2. The van der Waals surface area contributed by atoms with Crippen molar-refractivity contribution in [2.75, 3.05) is 20.1 Å². The standard InChI is InChI=1S/C15H24FNO/c1-11(2)9-17(4)10-12(3)15(18)13-7-5-6-8-14(13)16/h5-8,11-12,15,18H,9-10H2,1-4H3. The highest BCUT2D eigenvalue weighted by molar-refractivity contribution is 5.20. The summed E-state index contributed by atoms with van der Waals surface area (Å²) in [6, 6.07) is 6.44. The van der Waals surface area contributed by atoms with E-state index >= 15 is 0 Å². The first-order valence-corrected chi connectivity index (χ1v) is 6.52. The van der Waals surface area contributed by atoms with E-state index in [0.29, 0.717) is 11.5 Å². The van der Waals surface area contributed by atoms with Crippen LogP contribution in [0.25, 0.3) is 0 Å². The van der Waals surface area contributed by atoms with Crippen LogP contribution in [0.1, 0.15) is 32.4 Å². The molecule has 0 aliphatic heterocycles. The monoisotopic (exact) mass is 253 g/mol. The molecule has 2 nitrogen and oxygen atoms in total. The van der Waals surface area contributed by atoms with Crippen molar-refractivity contribution < 1.29 is 9.50 Å². The van der Waals surface area contributed by atoms with Crippen LogP contribution in [-0.2, 0) is 0 Å². The Morgan fingerprint density at radius 3 is 2.33 bits per heavy atom. The first kappa shape index (κ1) is 15.1. The van der Waals surface area contributed by atoms with Crippen molar-refractivity contribution in [3.8, 4) is 0 Å². The average molecular weight is 253 g/mol. The maximum Gasteiger partial charge on any atom is 0.129 e. The lowest BCUT2D eigenvalue weighted by Gasteiger charge is -2.26. The van der Waals surface area contributed by atoms with Crippen molar-refractivity contribution >= 4 is 0 Å². The smallest absolute Gasteiger partial charge is 0.129 e. The van der Waals surface area contributed by atoms with E-state index in [4.69, 9.17) is 0 Å². The van der Waals surface area contributed by atoms with Crippen molar-refractivity contribution in [1.82, 2.24) is 4.90 Å². The average Bonchev–Trinajstić information content (AvgIpc) is 2.27. The Hall–Kier alpha value is -0.930. The van der Waals surface area contributed by atoms with E-state index < -0.39 is 6.10 Å². The largest absolute Gasteiger partial charge is 0.388 e. The van der Waals surface area contributed by atoms with Gasteiger partial charge in [-0.2, -0.15) is 0 Å². The summed E-state index contributed by atoms with van der Waals surface area (Å²) in [6.45, 7) is 8.01. The first-order chi connectivity index (χ1) is 8.41. The SMILES string of the molecule is CC(C)CN(C)CC(C)C(O)c1ccccc1F. The predicted molar refractivity (Wildman–Crippen MR) is 72.9 cm³/mol. The van der Waals surface area contributed by atoms with E-state index in [-0.39, 0.29) is 11.7 Å². The van der Waals surface area contributed by atoms with Gasteiger partial charge in [0.15, 0.2) is 0 Å². The molecule has 2 atom stereocenters. The molecule has 1 rings (SSSR count). The van der Waals surface area contributed by atoms with Crippen LogP contribution in [0, 0.1) is 17.7 Å². The van der Waals surface area contributed by atoms with Gasteiger partial charge >= 0.3 is 0 Å². The maximum absolute atomic E-state index is 13.6. The molecule has 0 amide bonds. The van der Waals surface area contributed by atoms with E-state index in [1.165, 1.54) is 6.07 Å². The van der Waals surface area contributed by atoms with Gasteiger partial charge in [0, 0.05) is 18.7 Å². The Balaban J connectivity index is 2.61. The van der Waals surface area contributed by atoms with Gasteiger partial charge in [0.2, 0.25) is 0 Å². The first-order valence-electron chi connectivity index (χ1n) is 6.52. The zero-order valence-corrected chi connectivity index (χ0v) is 11.7. The Morgan fingerprint density at radius 2 is 1.78 bits per heavy atom. The molecule has 102 valence electrons. The van der Waals surface area contributed by atoms with E-state index in [2.05, 4.69) is 18.7 Å². The molecule has 0 heterocycles. The van der Waals surface area contributed by atoms with E-state index in [9.17, 15) is 9.50 Å². The van der Waals surface area contributed by atoms with Crippen LogP contribution in [0.5, 0.6) is 0 Å². The molecule has 1 aromatic carbocycles. The fraction of sp³-hybridized carbons (Fsp3) is 0.600. The van der Waals surface area contributed by atoms with Gasteiger partial charge in [-0.05, 0) is 24.9 Å². The van der Waals surface area contributed by atoms with E-state index in [1.807, 2.05) is 14.0 Å². The topological polar surface area (TPSA) is 23.5 Å². The fourth-order valence-corrected chi connectivity index (χ4v) is 2.31. The molecule has 1 N–H and O–H groups in total. The molecule has 18 heavy (non-hydrogen) atoms. The molecule has 3 heteroatoms. The van der Waals surface area contributed by atoms with Crippen LogP contribution in [-0.4, -0.2) is 30.1 Å². The summed E-state index contributed by atoms with van der Waals surface area (Å²) in [7, 11) is 2.03. The minimum atomic E-state index is -0.749. The number of halogens is 1. The summed E-state index contributed by atoms with van der Waals surface area (Å²) in [5.41, 5.74) is 0.392. The van der Waals surface area contributed by atoms with Gasteiger partial charge in [-0.1, -0.05) is 39.0 Å². The molecular formula is C15H24FNO. The zero-order valence-electron chi connectivity index (χ0n) is 11.7. The highest BCUT2D eigenvalue weighted by atomic mass is 19.1. The summed E-state index contributed by atoms with van der Waals surface area (Å²) in [4.78, 5) is 2.18. The quantitative estimate of drug-likeness (QED) is 0.842. The van der Waals surface area contributed by atoms with Gasteiger partial charge in [-0.3, -0.25) is 0 Å². The van der Waals surface area contributed by atoms with Gasteiger partial charge in [-0.15, -0.1) is 0 Å². The number of benzene rings is 1. The van der Waals surface area contributed by atoms with Crippen LogP contribution in [0.2, 0.25) is 0 Å². The zero-order chi connectivity index (χ0) is 13.7. The van der Waals surface area contributed by atoms with Gasteiger partial charge in [-0.25, -0.2) is 4.39 Å². The highest BCUT2D eigenvalue weighted by Gasteiger charge is 2.20. The summed E-state index contributed by atoms with van der Waals surface area (Å²) in [5.74, 6) is 0.266. The fourth-order valence-electron chi connectivity index (χ4n) is 2.31. The third-order valence-electron chi connectivity index (χ3n) is 3.04. The molecule has 0 saturated heterocycles. The molecular weight excluding hydrogens is 229 g/mol. The molecule has 0 fully saturated rings. The Kier molecular flexibility index (Phi) is 5.76. The minimum absolute atomic E-state index is 0.00523. The summed E-state index contributed by atoms with van der Waals surface area (Å²) in [6.07, 6.45) is -0.749. The van der Waals surface area contributed by atoms with Crippen LogP contribution < -0.4 is 0 Å². The second kappa shape index (κ2) is 6.86. The number of aliphatic hydroxyl groups is 1. The summed E-state index contributed by atoms with van der Waals surface area (Å²) in [5, 5.41) is 10.2. The number of hydrogen-bond donors (Lipinski definition) is 1. The van der Waals surface area contributed by atoms with Crippen LogP contribution in [0.15, 0.2) is 24.3 Å². The van der Waals surface area contributed by atoms with Gasteiger partial charge in [0.1, 0.15) is 5.82 Å². The molecule has 0 aliphatic rings. The van der Waals surface area contributed by atoms with Crippen molar-refractivity contribution in [3.05, 3.63) is 35.6 Å². The second-order valence-electron chi connectivity index (χ2n) is 5.56. The minimum Gasteiger partial charge on any atom is -0.388 e. The van der Waals surface area contributed by atoms with Crippen molar-refractivity contribution in [2.45, 2.75) is 26.9 Å². The normalized spacial score (nSPS) is 15.1. The highest BCUT2D eigenvalue weighted by Crippen LogP contribution is 2.24. The predicted octanol–water partition coefficient (Wildman–Crippen LogP) is 3.08. The third kappa shape index (κ3) is 4.39. The Morgan fingerprint density at radius 1 is 1.17 bits per heavy atom. The van der Waals surface area contributed by atoms with Crippen LogP contribution in [0.4, 0.5) is 4.39 Å². The molecule has 0 bridgehead atoms. The van der Waals surface area contributed by atoms with Gasteiger partial charge < -0.3 is 10.0 Å². The number of rotatable bonds is 6. The Bertz CT molecular complexity index is 367. The van der Waals surface area contributed by atoms with Crippen molar-refractivity contribution in [3.63, 3.8) is 0 Å². The number of nitrogens with zero attached hydrogens (tertiary/aromatic N) is 1. The van der Waals surface area contributed by atoms with Crippen molar-refractivity contribution in [1.29, 1.82) is 0 Å². The summed E-state index contributed by atoms with van der Waals surface area (Å²) >= 11 is 0. The lowest BCUT2D eigenvalue weighted by Crippen LogP contribution is -2.30. The molecule has 0 aliphatic carbocycles.